The standard InChI is InChI=1S/C11H10N2O2/c1-7(15)8-2-3-10-11(4-8)13-9(6-14)5-12-10/h2-5,14H,6H2,1H3. The molecular formula is C11H10N2O2. The number of ketones is 1. The molecule has 0 atom stereocenters. The summed E-state index contributed by atoms with van der Waals surface area (Å²) in [7, 11) is 0. The average molecular weight is 202 g/mol. The number of hydrogen-bond acceptors (Lipinski definition) is 4. The summed E-state index contributed by atoms with van der Waals surface area (Å²) in [5.74, 6) is -0.00639. The molecular weight excluding hydrogens is 192 g/mol. The van der Waals surface area contributed by atoms with Crippen LogP contribution in [0.4, 0.5) is 0 Å². The van der Waals surface area contributed by atoms with Crippen LogP contribution in [-0.2, 0) is 6.61 Å². The molecule has 0 spiro atoms. The summed E-state index contributed by atoms with van der Waals surface area (Å²) in [5.41, 5.74) is 2.46. The smallest absolute Gasteiger partial charge is 0.159 e. The minimum absolute atomic E-state index is 0.00639. The number of rotatable bonds is 2. The number of aliphatic hydroxyl groups excluding tert-OH is 1. The van der Waals surface area contributed by atoms with Crippen LogP contribution >= 0.6 is 0 Å². The van der Waals surface area contributed by atoms with E-state index in [0.717, 1.165) is 5.52 Å². The van der Waals surface area contributed by atoms with Crippen molar-refractivity contribution >= 4 is 16.8 Å². The molecule has 0 radical (unpaired) electrons. The van der Waals surface area contributed by atoms with Crippen molar-refractivity contribution in [3.8, 4) is 0 Å². The number of aromatic nitrogens is 2. The van der Waals surface area contributed by atoms with Gasteiger partial charge in [-0.2, -0.15) is 0 Å². The van der Waals surface area contributed by atoms with Gasteiger partial charge in [-0.25, -0.2) is 4.98 Å². The summed E-state index contributed by atoms with van der Waals surface area (Å²) in [5, 5.41) is 8.91. The molecule has 4 nitrogen and oxygen atoms in total. The Balaban J connectivity index is 2.62. The molecule has 1 heterocycles. The molecule has 0 saturated carbocycles. The highest BCUT2D eigenvalue weighted by atomic mass is 16.3. The first-order chi connectivity index (χ1) is 7.20. The predicted octanol–water partition coefficient (Wildman–Crippen LogP) is 1.32. The second-order valence-electron chi connectivity index (χ2n) is 3.28. The fourth-order valence-electron chi connectivity index (χ4n) is 1.34. The zero-order chi connectivity index (χ0) is 10.8. The van der Waals surface area contributed by atoms with Crippen LogP contribution < -0.4 is 0 Å². The Kier molecular flexibility index (Phi) is 2.43. The van der Waals surface area contributed by atoms with Crippen LogP contribution in [0.15, 0.2) is 24.4 Å². The Morgan fingerprint density at radius 2 is 2.20 bits per heavy atom. The Bertz CT molecular complexity index is 523. The number of aliphatic hydroxyl groups is 1. The molecule has 0 bridgehead atoms. The van der Waals surface area contributed by atoms with E-state index in [1.807, 2.05) is 0 Å². The van der Waals surface area contributed by atoms with Gasteiger partial charge in [-0.15, -0.1) is 0 Å². The molecule has 1 aromatic carbocycles. The van der Waals surface area contributed by atoms with Gasteiger partial charge in [-0.3, -0.25) is 9.78 Å². The Morgan fingerprint density at radius 1 is 1.40 bits per heavy atom. The SMILES string of the molecule is CC(=O)c1ccc2ncc(CO)nc2c1. The van der Waals surface area contributed by atoms with Crippen LogP contribution in [-0.4, -0.2) is 20.9 Å². The summed E-state index contributed by atoms with van der Waals surface area (Å²) < 4.78 is 0. The molecule has 1 aromatic heterocycles. The summed E-state index contributed by atoms with van der Waals surface area (Å²) in [4.78, 5) is 19.4. The summed E-state index contributed by atoms with van der Waals surface area (Å²) in [6.45, 7) is 1.36. The van der Waals surface area contributed by atoms with Crippen LogP contribution in [0.1, 0.15) is 23.0 Å². The van der Waals surface area contributed by atoms with Crippen molar-refractivity contribution in [2.45, 2.75) is 13.5 Å². The third kappa shape index (κ3) is 1.85. The minimum atomic E-state index is -0.146. The molecule has 0 aliphatic heterocycles. The van der Waals surface area contributed by atoms with Crippen LogP contribution in [0.2, 0.25) is 0 Å². The zero-order valence-electron chi connectivity index (χ0n) is 8.27. The molecule has 4 heteroatoms. The lowest BCUT2D eigenvalue weighted by Crippen LogP contribution is -1.96. The second kappa shape index (κ2) is 3.74. The predicted molar refractivity (Wildman–Crippen MR) is 55.5 cm³/mol. The third-order valence-corrected chi connectivity index (χ3v) is 2.16. The lowest BCUT2D eigenvalue weighted by atomic mass is 10.1. The van der Waals surface area contributed by atoms with Crippen LogP contribution in [0.3, 0.4) is 0 Å². The first kappa shape index (κ1) is 9.73. The van der Waals surface area contributed by atoms with Gasteiger partial charge in [0.15, 0.2) is 5.78 Å². The monoisotopic (exact) mass is 202 g/mol. The molecule has 2 rings (SSSR count). The largest absolute Gasteiger partial charge is 0.390 e. The first-order valence-corrected chi connectivity index (χ1v) is 4.58. The molecule has 0 unspecified atom stereocenters. The van der Waals surface area contributed by atoms with Gasteiger partial charge in [-0.05, 0) is 25.1 Å². The fourth-order valence-corrected chi connectivity index (χ4v) is 1.34. The minimum Gasteiger partial charge on any atom is -0.390 e. The third-order valence-electron chi connectivity index (χ3n) is 2.16. The maximum Gasteiger partial charge on any atom is 0.159 e. The topological polar surface area (TPSA) is 63.1 Å². The molecule has 0 saturated heterocycles. The molecule has 1 N–H and O–H groups in total. The highest BCUT2D eigenvalue weighted by Crippen LogP contribution is 2.12. The Morgan fingerprint density at radius 3 is 2.87 bits per heavy atom. The molecule has 15 heavy (non-hydrogen) atoms. The molecule has 0 fully saturated rings. The molecule has 0 aliphatic carbocycles. The summed E-state index contributed by atoms with van der Waals surface area (Å²) in [6.07, 6.45) is 1.52. The summed E-state index contributed by atoms with van der Waals surface area (Å²) >= 11 is 0. The molecule has 2 aromatic rings. The van der Waals surface area contributed by atoms with Crippen LogP contribution in [0, 0.1) is 0 Å². The lowest BCUT2D eigenvalue weighted by molar-refractivity contribution is 0.101. The number of Topliss-reactive ketones (excluding diaryl/α,β-unsaturated/α-hetero) is 1. The number of nitrogens with zero attached hydrogens (tertiary/aromatic N) is 2. The first-order valence-electron chi connectivity index (χ1n) is 4.58. The van der Waals surface area contributed by atoms with Gasteiger partial charge in [0.2, 0.25) is 0 Å². The Hall–Kier alpha value is -1.81. The van der Waals surface area contributed by atoms with E-state index in [1.165, 1.54) is 13.1 Å². The van der Waals surface area contributed by atoms with Gasteiger partial charge in [-0.1, -0.05) is 0 Å². The van der Waals surface area contributed by atoms with Gasteiger partial charge in [0.25, 0.3) is 0 Å². The maximum absolute atomic E-state index is 11.1. The number of carbonyl (C=O) groups is 1. The van der Waals surface area contributed by atoms with Crippen molar-refractivity contribution < 1.29 is 9.90 Å². The van der Waals surface area contributed by atoms with Gasteiger partial charge < -0.3 is 5.11 Å². The van der Waals surface area contributed by atoms with E-state index in [2.05, 4.69) is 9.97 Å². The van der Waals surface area contributed by atoms with Crippen molar-refractivity contribution in [2.75, 3.05) is 0 Å². The number of fused-ring (bicyclic) bond motifs is 1. The quantitative estimate of drug-likeness (QED) is 0.746. The van der Waals surface area contributed by atoms with Crippen molar-refractivity contribution in [3.63, 3.8) is 0 Å². The van der Waals surface area contributed by atoms with Crippen molar-refractivity contribution in [3.05, 3.63) is 35.7 Å². The number of hydrogen-bond donors (Lipinski definition) is 1. The normalized spacial score (nSPS) is 10.5. The number of benzene rings is 1. The van der Waals surface area contributed by atoms with Gasteiger partial charge in [0.05, 0.1) is 29.5 Å². The van der Waals surface area contributed by atoms with E-state index >= 15 is 0 Å². The van der Waals surface area contributed by atoms with Gasteiger partial charge in [0, 0.05) is 5.56 Å². The van der Waals surface area contributed by atoms with Gasteiger partial charge >= 0.3 is 0 Å². The highest BCUT2D eigenvalue weighted by Gasteiger charge is 2.03. The van der Waals surface area contributed by atoms with E-state index < -0.39 is 0 Å². The van der Waals surface area contributed by atoms with Crippen molar-refractivity contribution in [1.29, 1.82) is 0 Å². The maximum atomic E-state index is 11.1. The van der Waals surface area contributed by atoms with Crippen LogP contribution in [0.25, 0.3) is 11.0 Å². The lowest BCUT2D eigenvalue weighted by Gasteiger charge is -2.01. The van der Waals surface area contributed by atoms with E-state index in [4.69, 9.17) is 5.11 Å². The van der Waals surface area contributed by atoms with E-state index in [-0.39, 0.29) is 12.4 Å². The zero-order valence-corrected chi connectivity index (χ0v) is 8.27. The second-order valence-corrected chi connectivity index (χ2v) is 3.28. The molecule has 0 amide bonds. The fraction of sp³-hybridized carbons (Fsp3) is 0.182. The van der Waals surface area contributed by atoms with E-state index in [9.17, 15) is 4.79 Å². The highest BCUT2D eigenvalue weighted by molar-refractivity contribution is 5.97. The number of carbonyl (C=O) groups excluding carboxylic acids is 1. The van der Waals surface area contributed by atoms with Crippen molar-refractivity contribution in [2.24, 2.45) is 0 Å². The van der Waals surface area contributed by atoms with Gasteiger partial charge in [0.1, 0.15) is 0 Å². The van der Waals surface area contributed by atoms with E-state index in [0.29, 0.717) is 16.8 Å². The van der Waals surface area contributed by atoms with Crippen LogP contribution in [0.5, 0.6) is 0 Å². The summed E-state index contributed by atoms with van der Waals surface area (Å²) in [6, 6.07) is 5.15. The Labute approximate surface area is 86.6 Å². The molecule has 0 aliphatic rings. The average Bonchev–Trinajstić information content (AvgIpc) is 2.27. The van der Waals surface area contributed by atoms with Crippen molar-refractivity contribution in [1.82, 2.24) is 9.97 Å². The van der Waals surface area contributed by atoms with E-state index in [1.54, 1.807) is 18.2 Å². The molecule has 76 valence electrons.